The van der Waals surface area contributed by atoms with Gasteiger partial charge in [0, 0.05) is 24.0 Å². The number of aryl methyl sites for hydroxylation is 1. The first kappa shape index (κ1) is 13.7. The van der Waals surface area contributed by atoms with Crippen LogP contribution >= 0.6 is 0 Å². The molecule has 3 nitrogen and oxygen atoms in total. The third-order valence-electron chi connectivity index (χ3n) is 3.76. The van der Waals surface area contributed by atoms with Gasteiger partial charge in [-0.1, -0.05) is 19.1 Å². The Morgan fingerprint density at radius 2 is 2.05 bits per heavy atom. The maximum atomic E-state index is 4.39. The average Bonchev–Trinajstić information content (AvgIpc) is 2.53. The number of rotatable bonds is 4. The number of benzene rings is 1. The molecule has 3 aromatic rings. The lowest BCUT2D eigenvalue weighted by Gasteiger charge is -2.20. The molecule has 0 aliphatic rings. The Kier molecular flexibility index (Phi) is 3.93. The summed E-state index contributed by atoms with van der Waals surface area (Å²) in [6.45, 7) is 5.16. The van der Waals surface area contributed by atoms with Crippen molar-refractivity contribution in [3.05, 3.63) is 71.7 Å². The zero-order valence-electron chi connectivity index (χ0n) is 12.4. The van der Waals surface area contributed by atoms with Gasteiger partial charge in [0.05, 0.1) is 11.6 Å². The van der Waals surface area contributed by atoms with Gasteiger partial charge in [-0.2, -0.15) is 0 Å². The normalized spacial score (nSPS) is 12.5. The fourth-order valence-corrected chi connectivity index (χ4v) is 2.66. The first-order chi connectivity index (χ1) is 10.3. The highest BCUT2D eigenvalue weighted by Gasteiger charge is 2.15. The van der Waals surface area contributed by atoms with E-state index in [0.717, 1.165) is 12.1 Å². The molecule has 3 rings (SSSR count). The van der Waals surface area contributed by atoms with Gasteiger partial charge in [-0.15, -0.1) is 0 Å². The Bertz CT molecular complexity index is 752. The SMILES string of the molecule is CCNC(c1ccc2ncccc2c1)c1cnccc1C. The minimum Gasteiger partial charge on any atom is -0.306 e. The molecular weight excluding hydrogens is 258 g/mol. The topological polar surface area (TPSA) is 37.8 Å². The quantitative estimate of drug-likeness (QED) is 0.791. The standard InChI is InChI=1S/C18H19N3/c1-3-20-18(16-12-19-10-8-13(16)2)15-6-7-17-14(11-15)5-4-9-21-17/h4-12,18,20H,3H2,1-2H3. The Morgan fingerprint density at radius 3 is 2.86 bits per heavy atom. The summed E-state index contributed by atoms with van der Waals surface area (Å²) in [6, 6.07) is 12.7. The average molecular weight is 277 g/mol. The molecule has 106 valence electrons. The van der Waals surface area contributed by atoms with Crippen molar-refractivity contribution in [2.45, 2.75) is 19.9 Å². The van der Waals surface area contributed by atoms with Gasteiger partial charge in [0.25, 0.3) is 0 Å². The molecule has 2 heterocycles. The molecule has 0 aliphatic heterocycles. The Morgan fingerprint density at radius 1 is 1.14 bits per heavy atom. The van der Waals surface area contributed by atoms with Crippen LogP contribution in [0.5, 0.6) is 0 Å². The summed E-state index contributed by atoms with van der Waals surface area (Å²) in [5.74, 6) is 0. The fraction of sp³-hybridized carbons (Fsp3) is 0.222. The van der Waals surface area contributed by atoms with Gasteiger partial charge < -0.3 is 5.32 Å². The zero-order valence-corrected chi connectivity index (χ0v) is 12.4. The molecule has 1 atom stereocenters. The molecule has 0 fully saturated rings. The van der Waals surface area contributed by atoms with E-state index in [9.17, 15) is 0 Å². The Labute approximate surface area is 125 Å². The van der Waals surface area contributed by atoms with Gasteiger partial charge in [0.15, 0.2) is 0 Å². The van der Waals surface area contributed by atoms with E-state index in [-0.39, 0.29) is 6.04 Å². The highest BCUT2D eigenvalue weighted by atomic mass is 14.9. The van der Waals surface area contributed by atoms with Crippen LogP contribution in [0.4, 0.5) is 0 Å². The number of hydrogen-bond acceptors (Lipinski definition) is 3. The highest BCUT2D eigenvalue weighted by Crippen LogP contribution is 2.26. The van der Waals surface area contributed by atoms with Gasteiger partial charge in [-0.3, -0.25) is 9.97 Å². The van der Waals surface area contributed by atoms with Crippen molar-refractivity contribution < 1.29 is 0 Å². The van der Waals surface area contributed by atoms with Crippen LogP contribution in [0.3, 0.4) is 0 Å². The lowest BCUT2D eigenvalue weighted by atomic mass is 9.95. The van der Waals surface area contributed by atoms with Crippen molar-refractivity contribution in [3.8, 4) is 0 Å². The number of pyridine rings is 2. The first-order valence-corrected chi connectivity index (χ1v) is 7.28. The van der Waals surface area contributed by atoms with Crippen LogP contribution in [-0.4, -0.2) is 16.5 Å². The monoisotopic (exact) mass is 277 g/mol. The molecule has 21 heavy (non-hydrogen) atoms. The van der Waals surface area contributed by atoms with Crippen LogP contribution in [0.15, 0.2) is 55.0 Å². The largest absolute Gasteiger partial charge is 0.306 e. The molecule has 3 heteroatoms. The maximum Gasteiger partial charge on any atom is 0.0702 e. The molecule has 1 aromatic carbocycles. The van der Waals surface area contributed by atoms with Crippen LogP contribution in [0.25, 0.3) is 10.9 Å². The van der Waals surface area contributed by atoms with E-state index >= 15 is 0 Å². The van der Waals surface area contributed by atoms with E-state index in [1.54, 1.807) is 0 Å². The summed E-state index contributed by atoms with van der Waals surface area (Å²) in [5, 5.41) is 4.73. The predicted octanol–water partition coefficient (Wildman–Crippen LogP) is 3.64. The molecule has 0 saturated heterocycles. The van der Waals surface area contributed by atoms with Crippen molar-refractivity contribution in [2.75, 3.05) is 6.54 Å². The molecule has 0 aliphatic carbocycles. The van der Waals surface area contributed by atoms with Gasteiger partial charge in [-0.25, -0.2) is 0 Å². The molecule has 0 amide bonds. The number of nitrogens with zero attached hydrogens (tertiary/aromatic N) is 2. The number of nitrogens with one attached hydrogen (secondary N) is 1. The predicted molar refractivity (Wildman–Crippen MR) is 86.2 cm³/mol. The molecule has 0 saturated carbocycles. The van der Waals surface area contributed by atoms with Crippen LogP contribution < -0.4 is 5.32 Å². The number of hydrogen-bond donors (Lipinski definition) is 1. The van der Waals surface area contributed by atoms with E-state index in [1.807, 2.05) is 24.7 Å². The lowest BCUT2D eigenvalue weighted by molar-refractivity contribution is 0.626. The molecule has 0 bridgehead atoms. The van der Waals surface area contributed by atoms with E-state index in [2.05, 4.69) is 59.5 Å². The first-order valence-electron chi connectivity index (χ1n) is 7.28. The maximum absolute atomic E-state index is 4.39. The van der Waals surface area contributed by atoms with Crippen LogP contribution in [0.2, 0.25) is 0 Å². The minimum atomic E-state index is 0.160. The summed E-state index contributed by atoms with van der Waals surface area (Å²) in [6.07, 6.45) is 5.62. The van der Waals surface area contributed by atoms with Crippen LogP contribution in [-0.2, 0) is 0 Å². The lowest BCUT2D eigenvalue weighted by Crippen LogP contribution is -2.23. The summed E-state index contributed by atoms with van der Waals surface area (Å²) < 4.78 is 0. The summed E-state index contributed by atoms with van der Waals surface area (Å²) in [7, 11) is 0. The van der Waals surface area contributed by atoms with Crippen molar-refractivity contribution >= 4 is 10.9 Å². The van der Waals surface area contributed by atoms with Gasteiger partial charge >= 0.3 is 0 Å². The van der Waals surface area contributed by atoms with Crippen molar-refractivity contribution in [1.29, 1.82) is 0 Å². The van der Waals surface area contributed by atoms with Crippen LogP contribution in [0.1, 0.15) is 29.7 Å². The highest BCUT2D eigenvalue weighted by molar-refractivity contribution is 5.79. The molecule has 0 radical (unpaired) electrons. The third-order valence-corrected chi connectivity index (χ3v) is 3.76. The van der Waals surface area contributed by atoms with Gasteiger partial charge in [0.1, 0.15) is 0 Å². The summed E-state index contributed by atoms with van der Waals surface area (Å²) >= 11 is 0. The second kappa shape index (κ2) is 6.02. The second-order valence-electron chi connectivity index (χ2n) is 5.18. The van der Waals surface area contributed by atoms with E-state index < -0.39 is 0 Å². The number of aromatic nitrogens is 2. The second-order valence-corrected chi connectivity index (χ2v) is 5.18. The smallest absolute Gasteiger partial charge is 0.0702 e. The molecule has 1 unspecified atom stereocenters. The van der Waals surface area contributed by atoms with E-state index in [1.165, 1.54) is 22.1 Å². The van der Waals surface area contributed by atoms with E-state index in [0.29, 0.717) is 0 Å². The minimum absolute atomic E-state index is 0.160. The van der Waals surface area contributed by atoms with Crippen LogP contribution in [0, 0.1) is 6.92 Å². The third kappa shape index (κ3) is 2.78. The molecular formula is C18H19N3. The zero-order chi connectivity index (χ0) is 14.7. The molecule has 2 aromatic heterocycles. The fourth-order valence-electron chi connectivity index (χ4n) is 2.66. The van der Waals surface area contributed by atoms with Crippen molar-refractivity contribution in [1.82, 2.24) is 15.3 Å². The van der Waals surface area contributed by atoms with Gasteiger partial charge in [0.2, 0.25) is 0 Å². The van der Waals surface area contributed by atoms with Crippen molar-refractivity contribution in [2.24, 2.45) is 0 Å². The molecule has 0 spiro atoms. The Balaban J connectivity index is 2.09. The van der Waals surface area contributed by atoms with Gasteiger partial charge in [-0.05, 0) is 54.4 Å². The Hall–Kier alpha value is -2.26. The number of fused-ring (bicyclic) bond motifs is 1. The summed E-state index contributed by atoms with van der Waals surface area (Å²) in [4.78, 5) is 8.67. The van der Waals surface area contributed by atoms with Crippen molar-refractivity contribution in [3.63, 3.8) is 0 Å². The summed E-state index contributed by atoms with van der Waals surface area (Å²) in [5.41, 5.74) is 4.75. The molecule has 1 N–H and O–H groups in total. The van der Waals surface area contributed by atoms with E-state index in [4.69, 9.17) is 0 Å².